The normalized spacial score (nSPS) is 24.4. The lowest BCUT2D eigenvalue weighted by molar-refractivity contribution is -0.148. The summed E-state index contributed by atoms with van der Waals surface area (Å²) < 4.78 is 15.6. The Labute approximate surface area is 188 Å². The van der Waals surface area contributed by atoms with Gasteiger partial charge in [0.15, 0.2) is 11.6 Å². The number of nitrogens with zero attached hydrogens (tertiary/aromatic N) is 4. The predicted molar refractivity (Wildman–Crippen MR) is 122 cm³/mol. The van der Waals surface area contributed by atoms with E-state index in [1.807, 2.05) is 12.3 Å². The van der Waals surface area contributed by atoms with Crippen molar-refractivity contribution in [3.05, 3.63) is 48.7 Å². The summed E-state index contributed by atoms with van der Waals surface area (Å²) in [7, 11) is 0. The number of pyridine rings is 1. The van der Waals surface area contributed by atoms with E-state index < -0.39 is 17.7 Å². The minimum Gasteiger partial charge on any atom is -0.481 e. The first kappa shape index (κ1) is 19.9. The molecule has 7 rings (SSSR count). The van der Waals surface area contributed by atoms with Gasteiger partial charge in [0.25, 0.3) is 0 Å². The second-order valence-electron chi connectivity index (χ2n) is 9.01. The van der Waals surface area contributed by atoms with Gasteiger partial charge in [-0.15, -0.1) is 5.10 Å². The molecule has 0 spiro atoms. The molecular weight excluding hydrogens is 423 g/mol. The lowest BCUT2D eigenvalue weighted by Crippen LogP contribution is -2.51. The highest BCUT2D eigenvalue weighted by molar-refractivity contribution is 5.92. The number of aromatic nitrogens is 5. The van der Waals surface area contributed by atoms with Crippen molar-refractivity contribution in [1.29, 1.82) is 0 Å². The number of halogens is 1. The Hall–Kier alpha value is -3.75. The molecule has 0 unspecified atom stereocenters. The molecule has 0 aromatic carbocycles. The minimum atomic E-state index is -0.760. The summed E-state index contributed by atoms with van der Waals surface area (Å²) in [5, 5.41) is 18.7. The molecule has 2 bridgehead atoms. The molecule has 3 N–H and O–H groups in total. The molecule has 2 atom stereocenters. The number of aromatic amines is 1. The molecule has 3 aliphatic rings. The van der Waals surface area contributed by atoms with Gasteiger partial charge in [0.1, 0.15) is 17.0 Å². The van der Waals surface area contributed by atoms with Crippen molar-refractivity contribution in [2.75, 3.05) is 5.32 Å². The van der Waals surface area contributed by atoms with Crippen molar-refractivity contribution in [3.63, 3.8) is 0 Å². The maximum Gasteiger partial charge on any atom is 0.308 e. The van der Waals surface area contributed by atoms with Crippen LogP contribution in [0.25, 0.3) is 34.0 Å². The van der Waals surface area contributed by atoms with Crippen LogP contribution in [-0.4, -0.2) is 41.7 Å². The van der Waals surface area contributed by atoms with Crippen LogP contribution in [0.2, 0.25) is 0 Å². The van der Waals surface area contributed by atoms with Crippen molar-refractivity contribution >= 4 is 34.4 Å². The second kappa shape index (κ2) is 7.40. The molecule has 0 saturated heterocycles. The molecule has 0 aliphatic heterocycles. The molecule has 8 nitrogen and oxygen atoms in total. The fraction of sp³-hybridized carbons (Fsp3) is 0.333. The third-order valence-corrected chi connectivity index (χ3v) is 7.31. The van der Waals surface area contributed by atoms with Crippen LogP contribution in [0.1, 0.15) is 31.2 Å². The third kappa shape index (κ3) is 3.10. The van der Waals surface area contributed by atoms with Gasteiger partial charge in [0.05, 0.1) is 12.1 Å². The van der Waals surface area contributed by atoms with Crippen molar-refractivity contribution < 1.29 is 14.3 Å². The molecule has 4 aromatic rings. The van der Waals surface area contributed by atoms with Gasteiger partial charge in [-0.25, -0.2) is 18.9 Å². The SMILES string of the molecule is C=Cc1ccn2nc(-c3c[nH]c4ncc(F)cc34)nc(N[C@@H]3C4CCC(CC4)[C@H]3C(=O)O)c12. The van der Waals surface area contributed by atoms with E-state index in [4.69, 9.17) is 4.98 Å². The molecule has 0 amide bonds. The standard InChI is InChI=1S/C24H23FN6O2/c1-2-12-7-8-31-20(12)23(28-19-14-5-3-13(4-6-14)18(19)24(32)33)29-22(30-31)17-11-27-21-16(17)9-15(25)10-26-21/h2,7-11,13-14,18-19H,1,3-6H2,(H,26,27)(H,32,33)(H,28,29,30)/t13?,14?,18-,19-/m1/s1. The summed E-state index contributed by atoms with van der Waals surface area (Å²) in [4.78, 5) is 24.1. The Morgan fingerprint density at radius 3 is 2.85 bits per heavy atom. The smallest absolute Gasteiger partial charge is 0.308 e. The first-order valence-electron chi connectivity index (χ1n) is 11.2. The van der Waals surface area contributed by atoms with Crippen LogP contribution in [-0.2, 0) is 4.79 Å². The zero-order valence-electron chi connectivity index (χ0n) is 17.8. The van der Waals surface area contributed by atoms with Crippen LogP contribution in [0, 0.1) is 23.6 Å². The van der Waals surface area contributed by atoms with Gasteiger partial charge in [-0.2, -0.15) is 0 Å². The van der Waals surface area contributed by atoms with Crippen LogP contribution in [0.15, 0.2) is 37.3 Å². The number of carbonyl (C=O) groups is 1. The number of rotatable bonds is 5. The average Bonchev–Trinajstić information content (AvgIpc) is 3.43. The summed E-state index contributed by atoms with van der Waals surface area (Å²) in [6.45, 7) is 3.90. The van der Waals surface area contributed by atoms with Crippen LogP contribution in [0.5, 0.6) is 0 Å². The average molecular weight is 446 g/mol. The number of aliphatic carboxylic acids is 1. The topological polar surface area (TPSA) is 108 Å². The third-order valence-electron chi connectivity index (χ3n) is 7.31. The molecule has 3 saturated carbocycles. The van der Waals surface area contributed by atoms with Crippen molar-refractivity contribution in [1.82, 2.24) is 24.6 Å². The van der Waals surface area contributed by atoms with Gasteiger partial charge >= 0.3 is 5.97 Å². The summed E-state index contributed by atoms with van der Waals surface area (Å²) in [6.07, 6.45) is 10.4. The lowest BCUT2D eigenvalue weighted by Gasteiger charge is -2.47. The molecular formula is C24H23FN6O2. The van der Waals surface area contributed by atoms with Gasteiger partial charge in [-0.3, -0.25) is 4.79 Å². The summed E-state index contributed by atoms with van der Waals surface area (Å²) >= 11 is 0. The van der Waals surface area contributed by atoms with E-state index in [0.717, 1.165) is 43.0 Å². The minimum absolute atomic E-state index is 0.177. The van der Waals surface area contributed by atoms with Gasteiger partial charge in [-0.1, -0.05) is 12.7 Å². The van der Waals surface area contributed by atoms with Crippen LogP contribution in [0.4, 0.5) is 10.2 Å². The quantitative estimate of drug-likeness (QED) is 0.421. The Kier molecular flexibility index (Phi) is 4.46. The zero-order valence-corrected chi connectivity index (χ0v) is 17.8. The summed E-state index contributed by atoms with van der Waals surface area (Å²) in [6, 6.07) is 3.08. The number of anilines is 1. The summed E-state index contributed by atoms with van der Waals surface area (Å²) in [5.41, 5.74) is 2.75. The van der Waals surface area contributed by atoms with Gasteiger partial charge in [0.2, 0.25) is 0 Å². The highest BCUT2D eigenvalue weighted by Crippen LogP contribution is 2.46. The molecule has 3 aliphatic carbocycles. The maximum absolute atomic E-state index is 13.9. The second-order valence-corrected chi connectivity index (χ2v) is 9.01. The largest absolute Gasteiger partial charge is 0.481 e. The molecule has 33 heavy (non-hydrogen) atoms. The molecule has 9 heteroatoms. The molecule has 168 valence electrons. The van der Waals surface area contributed by atoms with E-state index in [9.17, 15) is 14.3 Å². The number of H-pyrrole nitrogens is 1. The Morgan fingerprint density at radius 1 is 1.30 bits per heavy atom. The fourth-order valence-corrected chi connectivity index (χ4v) is 5.76. The van der Waals surface area contributed by atoms with Crippen LogP contribution in [0.3, 0.4) is 0 Å². The van der Waals surface area contributed by atoms with Gasteiger partial charge < -0.3 is 15.4 Å². The number of carboxylic acid groups (broad SMARTS) is 1. The van der Waals surface area contributed by atoms with Crippen molar-refractivity contribution in [3.8, 4) is 11.4 Å². The molecule has 4 aromatic heterocycles. The molecule has 3 fully saturated rings. The van der Waals surface area contributed by atoms with Crippen LogP contribution >= 0.6 is 0 Å². The van der Waals surface area contributed by atoms with E-state index in [1.54, 1.807) is 16.8 Å². The Balaban J connectivity index is 1.50. The van der Waals surface area contributed by atoms with Gasteiger partial charge in [-0.05, 0) is 49.7 Å². The number of nitrogens with one attached hydrogen (secondary N) is 2. The summed E-state index contributed by atoms with van der Waals surface area (Å²) in [5.74, 6) is -0.252. The fourth-order valence-electron chi connectivity index (χ4n) is 5.76. The highest BCUT2D eigenvalue weighted by Gasteiger charge is 2.47. The van der Waals surface area contributed by atoms with E-state index in [1.165, 1.54) is 6.07 Å². The monoisotopic (exact) mass is 446 g/mol. The maximum atomic E-state index is 13.9. The van der Waals surface area contributed by atoms with Crippen molar-refractivity contribution in [2.24, 2.45) is 17.8 Å². The Morgan fingerprint density at radius 2 is 2.09 bits per heavy atom. The van der Waals surface area contributed by atoms with E-state index in [-0.39, 0.29) is 17.9 Å². The Bertz CT molecular complexity index is 1400. The number of carboxylic acids is 1. The van der Waals surface area contributed by atoms with Crippen molar-refractivity contribution in [2.45, 2.75) is 31.7 Å². The van der Waals surface area contributed by atoms with Gasteiger partial charge in [0, 0.05) is 34.9 Å². The van der Waals surface area contributed by atoms with E-state index in [0.29, 0.717) is 28.2 Å². The number of hydrogen-bond acceptors (Lipinski definition) is 5. The van der Waals surface area contributed by atoms with E-state index in [2.05, 4.69) is 27.0 Å². The number of hydrogen-bond donors (Lipinski definition) is 3. The first-order chi connectivity index (χ1) is 16.0. The zero-order chi connectivity index (χ0) is 22.7. The number of fused-ring (bicyclic) bond motifs is 5. The molecule has 4 heterocycles. The van der Waals surface area contributed by atoms with E-state index >= 15 is 0 Å². The predicted octanol–water partition coefficient (Wildman–Crippen LogP) is 4.36. The highest BCUT2D eigenvalue weighted by atomic mass is 19.1. The molecule has 0 radical (unpaired) electrons. The van der Waals surface area contributed by atoms with Crippen LogP contribution < -0.4 is 5.32 Å². The first-order valence-corrected chi connectivity index (χ1v) is 11.2. The lowest BCUT2D eigenvalue weighted by atomic mass is 9.61.